The molecule has 0 bridgehead atoms. The lowest BCUT2D eigenvalue weighted by atomic mass is 10.2. The summed E-state index contributed by atoms with van der Waals surface area (Å²) in [5.41, 5.74) is 1.41. The van der Waals surface area contributed by atoms with Gasteiger partial charge in [0, 0.05) is 4.47 Å². The molecule has 3 rings (SSSR count). The number of aliphatic carboxylic acids is 1. The molecule has 0 saturated carbocycles. The van der Waals surface area contributed by atoms with Crippen LogP contribution in [0.4, 0.5) is 5.69 Å². The minimum atomic E-state index is -1.05. The van der Waals surface area contributed by atoms with E-state index in [1.165, 1.54) is 16.7 Å². The van der Waals surface area contributed by atoms with E-state index in [-0.39, 0.29) is 5.91 Å². The summed E-state index contributed by atoms with van der Waals surface area (Å²) in [6, 6.07) is 14.2. The third-order valence-electron chi connectivity index (χ3n) is 3.41. The van der Waals surface area contributed by atoms with Crippen LogP contribution in [0.2, 0.25) is 0 Å². The number of carboxylic acid groups (broad SMARTS) is 1. The van der Waals surface area contributed by atoms with Crippen molar-refractivity contribution in [3.63, 3.8) is 0 Å². The summed E-state index contributed by atoms with van der Waals surface area (Å²) in [5, 5.41) is 8.69. The summed E-state index contributed by atoms with van der Waals surface area (Å²) >= 11 is 10.0. The monoisotopic (exact) mass is 449 g/mol. The first kappa shape index (κ1) is 18.6. The average molecular weight is 450 g/mol. The Kier molecular flexibility index (Phi) is 5.75. The van der Waals surface area contributed by atoms with Crippen molar-refractivity contribution in [3.8, 4) is 5.75 Å². The lowest BCUT2D eigenvalue weighted by Gasteiger charge is -2.15. The Labute approximate surface area is 167 Å². The van der Waals surface area contributed by atoms with Gasteiger partial charge < -0.3 is 9.84 Å². The molecule has 1 fully saturated rings. The first-order valence-electron chi connectivity index (χ1n) is 7.43. The van der Waals surface area contributed by atoms with E-state index in [1.807, 2.05) is 24.3 Å². The first-order valence-corrected chi connectivity index (χ1v) is 9.44. The van der Waals surface area contributed by atoms with E-state index in [2.05, 4.69) is 15.9 Å². The van der Waals surface area contributed by atoms with E-state index in [4.69, 9.17) is 22.1 Å². The SMILES string of the molecule is O=C(O)COc1cccc(/C=C2/SC(=S)N(c3ccccc3Br)C2=O)c1. The van der Waals surface area contributed by atoms with Crippen molar-refractivity contribution in [3.05, 3.63) is 63.5 Å². The van der Waals surface area contributed by atoms with Crippen LogP contribution in [0.15, 0.2) is 57.9 Å². The van der Waals surface area contributed by atoms with Gasteiger partial charge in [-0.05, 0) is 51.8 Å². The minimum absolute atomic E-state index is 0.205. The van der Waals surface area contributed by atoms with Gasteiger partial charge in [-0.3, -0.25) is 9.69 Å². The number of nitrogens with zero attached hydrogens (tertiary/aromatic N) is 1. The number of rotatable bonds is 5. The summed E-state index contributed by atoms with van der Waals surface area (Å²) in [6.07, 6.45) is 1.71. The zero-order valence-electron chi connectivity index (χ0n) is 13.2. The van der Waals surface area contributed by atoms with Crippen LogP contribution < -0.4 is 9.64 Å². The number of ether oxygens (including phenoxy) is 1. The van der Waals surface area contributed by atoms with Crippen LogP contribution in [0.5, 0.6) is 5.75 Å². The third-order valence-corrected chi connectivity index (χ3v) is 5.38. The highest BCUT2D eigenvalue weighted by Crippen LogP contribution is 2.38. The van der Waals surface area contributed by atoms with E-state index in [9.17, 15) is 9.59 Å². The zero-order valence-corrected chi connectivity index (χ0v) is 16.4. The highest BCUT2D eigenvalue weighted by atomic mass is 79.9. The number of para-hydroxylation sites is 1. The van der Waals surface area contributed by atoms with Crippen molar-refractivity contribution in [1.29, 1.82) is 0 Å². The first-order chi connectivity index (χ1) is 12.5. The number of benzene rings is 2. The van der Waals surface area contributed by atoms with Gasteiger partial charge in [0.05, 0.1) is 10.6 Å². The molecule has 0 atom stereocenters. The van der Waals surface area contributed by atoms with Gasteiger partial charge in [0.25, 0.3) is 5.91 Å². The van der Waals surface area contributed by atoms with Crippen LogP contribution in [-0.4, -0.2) is 27.9 Å². The molecule has 0 aliphatic carbocycles. The van der Waals surface area contributed by atoms with Gasteiger partial charge in [-0.15, -0.1) is 0 Å². The maximum Gasteiger partial charge on any atom is 0.341 e. The lowest BCUT2D eigenvalue weighted by molar-refractivity contribution is -0.139. The fourth-order valence-corrected chi connectivity index (χ4v) is 4.05. The van der Waals surface area contributed by atoms with Crippen molar-refractivity contribution in [2.45, 2.75) is 0 Å². The number of anilines is 1. The molecule has 0 spiro atoms. The van der Waals surface area contributed by atoms with Gasteiger partial charge in [0.2, 0.25) is 0 Å². The smallest absolute Gasteiger partial charge is 0.341 e. The Bertz CT molecular complexity index is 929. The molecule has 26 heavy (non-hydrogen) atoms. The van der Waals surface area contributed by atoms with Crippen molar-refractivity contribution in [2.75, 3.05) is 11.5 Å². The molecule has 0 unspecified atom stereocenters. The number of hydrogen-bond donors (Lipinski definition) is 1. The summed E-state index contributed by atoms with van der Waals surface area (Å²) in [4.78, 5) is 25.4. The van der Waals surface area contributed by atoms with Crippen LogP contribution >= 0.6 is 39.9 Å². The predicted octanol–water partition coefficient (Wildman–Crippen LogP) is 4.32. The summed E-state index contributed by atoms with van der Waals surface area (Å²) in [7, 11) is 0. The fourth-order valence-electron chi connectivity index (χ4n) is 2.30. The van der Waals surface area contributed by atoms with E-state index in [1.54, 1.807) is 30.3 Å². The van der Waals surface area contributed by atoms with E-state index < -0.39 is 12.6 Å². The number of carbonyl (C=O) groups is 2. The van der Waals surface area contributed by atoms with Crippen LogP contribution in [-0.2, 0) is 9.59 Å². The molecule has 2 aromatic rings. The maximum atomic E-state index is 12.8. The molecule has 1 saturated heterocycles. The molecule has 8 heteroatoms. The molecule has 0 aromatic heterocycles. The molecule has 0 radical (unpaired) electrons. The second-order valence-electron chi connectivity index (χ2n) is 5.22. The second-order valence-corrected chi connectivity index (χ2v) is 7.75. The molecular weight excluding hydrogens is 438 g/mol. The van der Waals surface area contributed by atoms with Gasteiger partial charge in [-0.25, -0.2) is 4.79 Å². The molecule has 1 aliphatic heterocycles. The maximum absolute atomic E-state index is 12.8. The Balaban J connectivity index is 1.85. The molecule has 1 amide bonds. The van der Waals surface area contributed by atoms with E-state index in [0.717, 1.165) is 10.0 Å². The summed E-state index contributed by atoms with van der Waals surface area (Å²) in [6.45, 7) is -0.423. The molecule has 1 heterocycles. The quantitative estimate of drug-likeness (QED) is 0.541. The average Bonchev–Trinajstić information content (AvgIpc) is 2.88. The molecule has 2 aromatic carbocycles. The summed E-state index contributed by atoms with van der Waals surface area (Å²) < 4.78 is 6.39. The number of amides is 1. The number of thioether (sulfide) groups is 1. The van der Waals surface area contributed by atoms with Gasteiger partial charge in [0.1, 0.15) is 5.75 Å². The molecule has 132 valence electrons. The van der Waals surface area contributed by atoms with Crippen LogP contribution in [0, 0.1) is 0 Å². The van der Waals surface area contributed by atoms with Gasteiger partial charge in [0.15, 0.2) is 10.9 Å². The van der Waals surface area contributed by atoms with Crippen LogP contribution in [0.25, 0.3) is 6.08 Å². The molecular formula is C18H12BrNO4S2. The normalized spacial score (nSPS) is 15.6. The Morgan fingerprint density at radius 2 is 2.04 bits per heavy atom. The van der Waals surface area contributed by atoms with Crippen molar-refractivity contribution < 1.29 is 19.4 Å². The number of halogens is 1. The Hall–Kier alpha value is -2.16. The van der Waals surface area contributed by atoms with Crippen molar-refractivity contribution >= 4 is 67.9 Å². The molecule has 1 aliphatic rings. The topological polar surface area (TPSA) is 66.8 Å². The van der Waals surface area contributed by atoms with Crippen molar-refractivity contribution in [2.24, 2.45) is 0 Å². The second kappa shape index (κ2) is 8.03. The zero-order chi connectivity index (χ0) is 18.7. The van der Waals surface area contributed by atoms with Gasteiger partial charge in [-0.1, -0.05) is 48.2 Å². The highest BCUT2D eigenvalue weighted by molar-refractivity contribution is 9.10. The number of thiocarbonyl (C=S) groups is 1. The third kappa shape index (κ3) is 4.14. The number of carbonyl (C=O) groups excluding carboxylic acids is 1. The largest absolute Gasteiger partial charge is 0.482 e. The van der Waals surface area contributed by atoms with Gasteiger partial charge >= 0.3 is 5.97 Å². The van der Waals surface area contributed by atoms with E-state index in [0.29, 0.717) is 20.7 Å². The van der Waals surface area contributed by atoms with Crippen LogP contribution in [0.3, 0.4) is 0 Å². The van der Waals surface area contributed by atoms with Crippen LogP contribution in [0.1, 0.15) is 5.56 Å². The number of hydrogen-bond acceptors (Lipinski definition) is 5. The van der Waals surface area contributed by atoms with E-state index >= 15 is 0 Å². The summed E-state index contributed by atoms with van der Waals surface area (Å²) in [5.74, 6) is -0.837. The molecule has 1 N–H and O–H groups in total. The lowest BCUT2D eigenvalue weighted by Crippen LogP contribution is -2.27. The fraction of sp³-hybridized carbons (Fsp3) is 0.0556. The highest BCUT2D eigenvalue weighted by Gasteiger charge is 2.34. The van der Waals surface area contributed by atoms with Gasteiger partial charge in [-0.2, -0.15) is 0 Å². The number of carboxylic acids is 1. The Morgan fingerprint density at radius 1 is 1.27 bits per heavy atom. The predicted molar refractivity (Wildman–Crippen MR) is 109 cm³/mol. The van der Waals surface area contributed by atoms with Crippen molar-refractivity contribution in [1.82, 2.24) is 0 Å². The molecule has 5 nitrogen and oxygen atoms in total. The standard InChI is InChI=1S/C18H12BrNO4S2/c19-13-6-1-2-7-14(13)20-17(23)15(26-18(20)25)9-11-4-3-5-12(8-11)24-10-16(21)22/h1-9H,10H2,(H,21,22)/b15-9+. The Morgan fingerprint density at radius 3 is 2.77 bits per heavy atom. The minimum Gasteiger partial charge on any atom is -0.482 e.